The number of hydrogen-bond acceptors (Lipinski definition) is 3. The number of methoxy groups -OCH3 is 1. The summed E-state index contributed by atoms with van der Waals surface area (Å²) in [5, 5.41) is 0. The van der Waals surface area contributed by atoms with E-state index in [0.717, 1.165) is 12.0 Å². The maximum absolute atomic E-state index is 11.3. The van der Waals surface area contributed by atoms with Crippen LogP contribution in [0.2, 0.25) is 0 Å². The molecule has 0 unspecified atom stereocenters. The molecule has 0 spiro atoms. The quantitative estimate of drug-likeness (QED) is 0.786. The molecule has 0 aromatic carbocycles. The average molecular weight is 222 g/mol. The van der Waals surface area contributed by atoms with Crippen molar-refractivity contribution >= 4 is 6.08 Å². The summed E-state index contributed by atoms with van der Waals surface area (Å²) in [6.45, 7) is 6.10. The van der Waals surface area contributed by atoms with E-state index in [2.05, 4.69) is 13.8 Å². The van der Waals surface area contributed by atoms with Crippen molar-refractivity contribution in [3.05, 3.63) is 33.9 Å². The highest BCUT2D eigenvalue weighted by Crippen LogP contribution is 2.20. The topological polar surface area (TPSA) is 39.4 Å². The molecule has 0 aliphatic carbocycles. The zero-order valence-corrected chi connectivity index (χ0v) is 10.2. The molecule has 0 saturated heterocycles. The number of allylic oxidation sites excluding steroid dienone is 1. The summed E-state index contributed by atoms with van der Waals surface area (Å²) >= 11 is 0. The van der Waals surface area contributed by atoms with Crippen molar-refractivity contribution in [2.45, 2.75) is 27.2 Å². The molecule has 0 saturated carbocycles. The van der Waals surface area contributed by atoms with Gasteiger partial charge in [0.15, 0.2) is 0 Å². The van der Waals surface area contributed by atoms with Gasteiger partial charge in [-0.05, 0) is 18.9 Å². The first-order valence-corrected chi connectivity index (χ1v) is 5.45. The minimum atomic E-state index is -0.383. The van der Waals surface area contributed by atoms with Crippen molar-refractivity contribution < 1.29 is 9.15 Å². The van der Waals surface area contributed by atoms with Crippen LogP contribution in [-0.2, 0) is 0 Å². The van der Waals surface area contributed by atoms with Crippen LogP contribution in [0.3, 0.4) is 0 Å². The summed E-state index contributed by atoms with van der Waals surface area (Å²) in [5.74, 6) is 1.61. The van der Waals surface area contributed by atoms with E-state index in [0.29, 0.717) is 17.4 Å². The number of ether oxygens (including phenoxy) is 1. The van der Waals surface area contributed by atoms with Crippen molar-refractivity contribution in [1.29, 1.82) is 0 Å². The van der Waals surface area contributed by atoms with Crippen LogP contribution in [0.1, 0.15) is 31.6 Å². The summed E-state index contributed by atoms with van der Waals surface area (Å²) < 4.78 is 10.2. The smallest absolute Gasteiger partial charge is 0.339 e. The average Bonchev–Trinajstić information content (AvgIpc) is 2.29. The van der Waals surface area contributed by atoms with Gasteiger partial charge in [-0.3, -0.25) is 0 Å². The van der Waals surface area contributed by atoms with E-state index in [1.807, 2.05) is 19.1 Å². The fourth-order valence-corrected chi connectivity index (χ4v) is 1.31. The molecule has 0 N–H and O–H groups in total. The largest absolute Gasteiger partial charge is 0.496 e. The van der Waals surface area contributed by atoms with Gasteiger partial charge in [-0.15, -0.1) is 0 Å². The van der Waals surface area contributed by atoms with Crippen LogP contribution in [0.15, 0.2) is 21.4 Å². The first kappa shape index (κ1) is 12.6. The van der Waals surface area contributed by atoms with Gasteiger partial charge in [0.05, 0.1) is 13.2 Å². The van der Waals surface area contributed by atoms with Crippen molar-refractivity contribution in [2.24, 2.45) is 5.92 Å². The highest BCUT2D eigenvalue weighted by molar-refractivity contribution is 5.51. The lowest BCUT2D eigenvalue weighted by molar-refractivity contribution is 0.395. The van der Waals surface area contributed by atoms with E-state index in [1.54, 1.807) is 7.11 Å². The van der Waals surface area contributed by atoms with Gasteiger partial charge in [0.1, 0.15) is 11.5 Å². The van der Waals surface area contributed by atoms with Crippen molar-refractivity contribution in [3.8, 4) is 5.75 Å². The maximum Gasteiger partial charge on any atom is 0.339 e. The Morgan fingerprint density at radius 1 is 1.56 bits per heavy atom. The Morgan fingerprint density at radius 3 is 2.81 bits per heavy atom. The van der Waals surface area contributed by atoms with Gasteiger partial charge in [-0.25, -0.2) is 4.79 Å². The van der Waals surface area contributed by atoms with E-state index >= 15 is 0 Å². The third kappa shape index (κ3) is 2.99. The fraction of sp³-hybridized carbons (Fsp3) is 0.462. The Morgan fingerprint density at radius 2 is 2.25 bits per heavy atom. The van der Waals surface area contributed by atoms with Crippen LogP contribution in [0, 0.1) is 12.8 Å². The zero-order valence-electron chi connectivity index (χ0n) is 10.2. The molecule has 1 atom stereocenters. The van der Waals surface area contributed by atoms with Gasteiger partial charge in [-0.2, -0.15) is 0 Å². The van der Waals surface area contributed by atoms with E-state index in [4.69, 9.17) is 9.15 Å². The molecule has 0 fully saturated rings. The summed E-state index contributed by atoms with van der Waals surface area (Å²) in [6.07, 6.45) is 4.93. The minimum absolute atomic E-state index is 0.383. The van der Waals surface area contributed by atoms with Gasteiger partial charge in [0, 0.05) is 5.56 Å². The van der Waals surface area contributed by atoms with Gasteiger partial charge >= 0.3 is 5.63 Å². The monoisotopic (exact) mass is 222 g/mol. The third-order valence-corrected chi connectivity index (χ3v) is 2.64. The molecule has 16 heavy (non-hydrogen) atoms. The summed E-state index contributed by atoms with van der Waals surface area (Å²) in [4.78, 5) is 11.3. The van der Waals surface area contributed by atoms with Crippen LogP contribution in [0.25, 0.3) is 6.08 Å². The van der Waals surface area contributed by atoms with Crippen molar-refractivity contribution in [1.82, 2.24) is 0 Å². The van der Waals surface area contributed by atoms with Crippen LogP contribution < -0.4 is 10.4 Å². The van der Waals surface area contributed by atoms with Crippen molar-refractivity contribution in [3.63, 3.8) is 0 Å². The van der Waals surface area contributed by atoms with Crippen LogP contribution >= 0.6 is 0 Å². The normalized spacial score (nSPS) is 13.0. The fourth-order valence-electron chi connectivity index (χ4n) is 1.31. The second kappa shape index (κ2) is 5.54. The molecule has 88 valence electrons. The van der Waals surface area contributed by atoms with E-state index in [-0.39, 0.29) is 5.63 Å². The molecule has 1 aromatic heterocycles. The highest BCUT2D eigenvalue weighted by Gasteiger charge is 2.06. The molecule has 3 nitrogen and oxygen atoms in total. The minimum Gasteiger partial charge on any atom is -0.496 e. The first-order valence-electron chi connectivity index (χ1n) is 5.45. The van der Waals surface area contributed by atoms with Gasteiger partial charge < -0.3 is 9.15 Å². The first-order chi connectivity index (χ1) is 7.58. The lowest BCUT2D eigenvalue weighted by Gasteiger charge is -2.06. The van der Waals surface area contributed by atoms with Gasteiger partial charge in [0.25, 0.3) is 0 Å². The molecule has 0 aliphatic rings. The van der Waals surface area contributed by atoms with Gasteiger partial charge in [0.2, 0.25) is 0 Å². The van der Waals surface area contributed by atoms with Gasteiger partial charge in [-0.1, -0.05) is 26.3 Å². The lowest BCUT2D eigenvalue weighted by atomic mass is 10.1. The Balaban J connectivity index is 3.09. The summed E-state index contributed by atoms with van der Waals surface area (Å²) in [6, 6.07) is 1.36. The predicted molar refractivity (Wildman–Crippen MR) is 64.8 cm³/mol. The molecule has 3 heteroatoms. The third-order valence-electron chi connectivity index (χ3n) is 2.64. The van der Waals surface area contributed by atoms with Crippen molar-refractivity contribution in [2.75, 3.05) is 7.11 Å². The molecule has 1 heterocycles. The summed E-state index contributed by atoms with van der Waals surface area (Å²) in [5.41, 5.74) is 0.466. The molecule has 0 amide bonds. The standard InChI is InChI=1S/C13H18O3/c1-5-9(2)6-7-11-10(3)12(15-4)8-13(14)16-11/h6-9H,5H2,1-4H3/b7-6+/t9-/m1/s1. The molecule has 1 rings (SSSR count). The Bertz CT molecular complexity index is 429. The lowest BCUT2D eigenvalue weighted by Crippen LogP contribution is -2.02. The van der Waals surface area contributed by atoms with Crippen LogP contribution in [-0.4, -0.2) is 7.11 Å². The molecule has 1 aromatic rings. The molecule has 0 bridgehead atoms. The SMILES string of the molecule is CC[C@@H](C)/C=C/c1oc(=O)cc(OC)c1C. The highest BCUT2D eigenvalue weighted by atomic mass is 16.5. The number of hydrogen-bond donors (Lipinski definition) is 0. The Kier molecular flexibility index (Phi) is 4.35. The van der Waals surface area contributed by atoms with E-state index < -0.39 is 0 Å². The maximum atomic E-state index is 11.3. The molecule has 0 radical (unpaired) electrons. The zero-order chi connectivity index (χ0) is 12.1. The molecular formula is C13H18O3. The second-order valence-electron chi connectivity index (χ2n) is 3.87. The summed E-state index contributed by atoms with van der Waals surface area (Å²) in [7, 11) is 1.55. The van der Waals surface area contributed by atoms with E-state index in [1.165, 1.54) is 6.07 Å². The molecule has 0 aliphatic heterocycles. The second-order valence-corrected chi connectivity index (χ2v) is 3.87. The van der Waals surface area contributed by atoms with Crippen LogP contribution in [0.5, 0.6) is 5.75 Å². The Hall–Kier alpha value is -1.51. The number of rotatable bonds is 4. The predicted octanol–water partition coefficient (Wildman–Crippen LogP) is 3.02. The van der Waals surface area contributed by atoms with E-state index in [9.17, 15) is 4.79 Å². The van der Waals surface area contributed by atoms with Crippen LogP contribution in [0.4, 0.5) is 0 Å². The molecular weight excluding hydrogens is 204 g/mol. The Labute approximate surface area is 95.7 Å².